The average molecular weight is 349 g/mol. The summed E-state index contributed by atoms with van der Waals surface area (Å²) in [4.78, 5) is 16.6. The highest BCUT2D eigenvalue weighted by Crippen LogP contribution is 2.24. The molecular formula is C19H31N3O3. The third-order valence-corrected chi connectivity index (χ3v) is 4.75. The Hall–Kier alpha value is -1.63. The van der Waals surface area contributed by atoms with E-state index in [1.807, 2.05) is 12.1 Å². The number of amides is 1. The van der Waals surface area contributed by atoms with E-state index >= 15 is 0 Å². The number of nitrogens with zero attached hydrogens (tertiary/aromatic N) is 2. The molecule has 1 heterocycles. The number of methoxy groups -OCH3 is 2. The van der Waals surface area contributed by atoms with Crippen LogP contribution in [-0.2, 0) is 9.53 Å². The molecule has 1 fully saturated rings. The first-order valence-electron chi connectivity index (χ1n) is 9.00. The number of rotatable bonds is 9. The maximum absolute atomic E-state index is 12.0. The first-order valence-corrected chi connectivity index (χ1v) is 9.00. The van der Waals surface area contributed by atoms with Gasteiger partial charge in [-0.25, -0.2) is 0 Å². The van der Waals surface area contributed by atoms with E-state index in [2.05, 4.69) is 34.2 Å². The van der Waals surface area contributed by atoms with Gasteiger partial charge in [0.25, 0.3) is 0 Å². The first-order chi connectivity index (χ1) is 12.1. The Labute approximate surface area is 151 Å². The van der Waals surface area contributed by atoms with Gasteiger partial charge in [-0.15, -0.1) is 0 Å². The van der Waals surface area contributed by atoms with Crippen LogP contribution in [0.25, 0.3) is 0 Å². The Morgan fingerprint density at radius 2 is 2.00 bits per heavy atom. The number of piperazine rings is 1. The number of hydrogen-bond donors (Lipinski definition) is 1. The topological polar surface area (TPSA) is 54.0 Å². The normalized spacial score (nSPS) is 17.2. The fraction of sp³-hybridized carbons (Fsp3) is 0.632. The van der Waals surface area contributed by atoms with E-state index in [4.69, 9.17) is 9.47 Å². The molecule has 1 aliphatic heterocycles. The van der Waals surface area contributed by atoms with Crippen molar-refractivity contribution in [1.82, 2.24) is 15.1 Å². The van der Waals surface area contributed by atoms with Gasteiger partial charge in [0, 0.05) is 52.5 Å². The van der Waals surface area contributed by atoms with Crippen LogP contribution in [0, 0.1) is 0 Å². The molecule has 0 saturated carbocycles. The molecule has 0 aliphatic carbocycles. The van der Waals surface area contributed by atoms with Crippen molar-refractivity contribution in [3.8, 4) is 5.75 Å². The molecule has 0 radical (unpaired) electrons. The van der Waals surface area contributed by atoms with Crippen molar-refractivity contribution in [1.29, 1.82) is 0 Å². The quantitative estimate of drug-likeness (QED) is 0.685. The van der Waals surface area contributed by atoms with Crippen LogP contribution < -0.4 is 10.1 Å². The van der Waals surface area contributed by atoms with Crippen LogP contribution in [0.3, 0.4) is 0 Å². The zero-order chi connectivity index (χ0) is 18.1. The van der Waals surface area contributed by atoms with Crippen LogP contribution in [0.15, 0.2) is 24.3 Å². The standard InChI is InChI=1S/C19H31N3O3/c1-16(17-6-4-7-18(14-17)25-3)22-11-9-21(10-12-22)15-19(23)20-8-5-13-24-2/h4,6-7,14,16H,5,8-13,15H2,1-3H3,(H,20,23). The van der Waals surface area contributed by atoms with Gasteiger partial charge >= 0.3 is 0 Å². The van der Waals surface area contributed by atoms with Gasteiger partial charge in [0.2, 0.25) is 5.91 Å². The van der Waals surface area contributed by atoms with E-state index in [0.717, 1.165) is 38.3 Å². The molecule has 1 atom stereocenters. The molecule has 1 N–H and O–H groups in total. The van der Waals surface area contributed by atoms with Crippen LogP contribution in [0.1, 0.15) is 24.9 Å². The van der Waals surface area contributed by atoms with Gasteiger partial charge in [0.15, 0.2) is 0 Å². The fourth-order valence-corrected chi connectivity index (χ4v) is 3.12. The molecule has 2 rings (SSSR count). The third kappa shape index (κ3) is 6.30. The summed E-state index contributed by atoms with van der Waals surface area (Å²) in [6, 6.07) is 8.60. The van der Waals surface area contributed by atoms with Crippen LogP contribution in [0.4, 0.5) is 0 Å². The minimum atomic E-state index is 0.102. The predicted octanol–water partition coefficient (Wildman–Crippen LogP) is 1.53. The second kappa shape index (κ2) is 10.4. The summed E-state index contributed by atoms with van der Waals surface area (Å²) in [7, 11) is 3.37. The molecule has 140 valence electrons. The maximum Gasteiger partial charge on any atom is 0.234 e. The van der Waals surface area contributed by atoms with Gasteiger partial charge in [0.05, 0.1) is 13.7 Å². The van der Waals surface area contributed by atoms with Crippen molar-refractivity contribution in [2.45, 2.75) is 19.4 Å². The molecule has 0 spiro atoms. The summed E-state index contributed by atoms with van der Waals surface area (Å²) in [5.41, 5.74) is 1.27. The molecule has 1 aliphatic rings. The highest BCUT2D eigenvalue weighted by Gasteiger charge is 2.23. The third-order valence-electron chi connectivity index (χ3n) is 4.75. The minimum absolute atomic E-state index is 0.102. The molecule has 6 nitrogen and oxygen atoms in total. The van der Waals surface area contributed by atoms with Crippen LogP contribution in [0.5, 0.6) is 5.75 Å². The highest BCUT2D eigenvalue weighted by molar-refractivity contribution is 5.77. The molecule has 0 bridgehead atoms. The van der Waals surface area contributed by atoms with E-state index in [-0.39, 0.29) is 5.91 Å². The molecule has 1 saturated heterocycles. The lowest BCUT2D eigenvalue weighted by Crippen LogP contribution is -2.50. The minimum Gasteiger partial charge on any atom is -0.497 e. The molecular weight excluding hydrogens is 318 g/mol. The van der Waals surface area contributed by atoms with Crippen LogP contribution in [-0.4, -0.2) is 75.8 Å². The lowest BCUT2D eigenvalue weighted by molar-refractivity contribution is -0.122. The smallest absolute Gasteiger partial charge is 0.234 e. The van der Waals surface area contributed by atoms with Crippen LogP contribution >= 0.6 is 0 Å². The number of carbonyl (C=O) groups is 1. The Morgan fingerprint density at radius 1 is 1.24 bits per heavy atom. The van der Waals surface area contributed by atoms with Gasteiger partial charge in [-0.2, -0.15) is 0 Å². The first kappa shape index (κ1) is 19.7. The summed E-state index contributed by atoms with van der Waals surface area (Å²) >= 11 is 0. The molecule has 1 aromatic rings. The van der Waals surface area contributed by atoms with Gasteiger partial charge in [-0.3, -0.25) is 14.6 Å². The SMILES string of the molecule is COCCCNC(=O)CN1CCN(C(C)c2cccc(OC)c2)CC1. The van der Waals surface area contributed by atoms with Gasteiger partial charge < -0.3 is 14.8 Å². The zero-order valence-electron chi connectivity index (χ0n) is 15.7. The second-order valence-electron chi connectivity index (χ2n) is 6.46. The van der Waals surface area contributed by atoms with E-state index in [0.29, 0.717) is 25.7 Å². The Morgan fingerprint density at radius 3 is 2.68 bits per heavy atom. The number of ether oxygens (including phenoxy) is 2. The van der Waals surface area contributed by atoms with Gasteiger partial charge in [-0.1, -0.05) is 12.1 Å². The summed E-state index contributed by atoms with van der Waals surface area (Å²) in [6.45, 7) is 7.84. The Bertz CT molecular complexity index is 530. The van der Waals surface area contributed by atoms with Crippen molar-refractivity contribution in [3.05, 3.63) is 29.8 Å². The maximum atomic E-state index is 12.0. The number of nitrogens with one attached hydrogen (secondary N) is 1. The summed E-state index contributed by atoms with van der Waals surface area (Å²) in [5.74, 6) is 0.999. The highest BCUT2D eigenvalue weighted by atomic mass is 16.5. The largest absolute Gasteiger partial charge is 0.497 e. The predicted molar refractivity (Wildman–Crippen MR) is 98.9 cm³/mol. The number of hydrogen-bond acceptors (Lipinski definition) is 5. The lowest BCUT2D eigenvalue weighted by atomic mass is 10.1. The number of benzene rings is 1. The summed E-state index contributed by atoms with van der Waals surface area (Å²) < 4.78 is 10.3. The zero-order valence-corrected chi connectivity index (χ0v) is 15.7. The lowest BCUT2D eigenvalue weighted by Gasteiger charge is -2.38. The monoisotopic (exact) mass is 349 g/mol. The van der Waals surface area contributed by atoms with E-state index in [9.17, 15) is 4.79 Å². The van der Waals surface area contributed by atoms with Gasteiger partial charge in [-0.05, 0) is 31.0 Å². The Balaban J connectivity index is 1.74. The van der Waals surface area contributed by atoms with Crippen molar-refractivity contribution in [2.24, 2.45) is 0 Å². The number of carbonyl (C=O) groups excluding carboxylic acids is 1. The van der Waals surface area contributed by atoms with Gasteiger partial charge in [0.1, 0.15) is 5.75 Å². The molecule has 0 aromatic heterocycles. The fourth-order valence-electron chi connectivity index (χ4n) is 3.12. The van der Waals surface area contributed by atoms with Crippen molar-refractivity contribution < 1.29 is 14.3 Å². The molecule has 1 unspecified atom stereocenters. The molecule has 1 aromatic carbocycles. The van der Waals surface area contributed by atoms with Crippen molar-refractivity contribution >= 4 is 5.91 Å². The van der Waals surface area contributed by atoms with Crippen molar-refractivity contribution in [3.63, 3.8) is 0 Å². The van der Waals surface area contributed by atoms with E-state index < -0.39 is 0 Å². The second-order valence-corrected chi connectivity index (χ2v) is 6.46. The van der Waals surface area contributed by atoms with Crippen molar-refractivity contribution in [2.75, 3.05) is 60.1 Å². The molecule has 25 heavy (non-hydrogen) atoms. The van der Waals surface area contributed by atoms with Crippen LogP contribution in [0.2, 0.25) is 0 Å². The summed E-state index contributed by atoms with van der Waals surface area (Å²) in [6.07, 6.45) is 0.855. The summed E-state index contributed by atoms with van der Waals surface area (Å²) in [5, 5.41) is 2.95. The van der Waals surface area contributed by atoms with E-state index in [1.165, 1.54) is 5.56 Å². The molecule has 6 heteroatoms. The Kier molecular flexibility index (Phi) is 8.18. The molecule has 1 amide bonds. The van der Waals surface area contributed by atoms with E-state index in [1.54, 1.807) is 14.2 Å². The average Bonchev–Trinajstić information content (AvgIpc) is 2.65.